The number of carbonyl (C=O) groups is 1. The van der Waals surface area contributed by atoms with Crippen molar-refractivity contribution in [3.8, 4) is 11.5 Å². The molecule has 0 saturated carbocycles. The van der Waals surface area contributed by atoms with Gasteiger partial charge >= 0.3 is 0 Å². The number of benzene rings is 3. The fraction of sp³-hybridized carbons (Fsp3) is 0.292. The predicted molar refractivity (Wildman–Crippen MR) is 113 cm³/mol. The highest BCUT2D eigenvalue weighted by Gasteiger charge is 2.16. The summed E-state index contributed by atoms with van der Waals surface area (Å²) < 4.78 is 11.8. The minimum atomic E-state index is -0.572. The van der Waals surface area contributed by atoms with Gasteiger partial charge < -0.3 is 14.8 Å². The largest absolute Gasteiger partial charge is 0.491 e. The Kier molecular flexibility index (Phi) is 6.53. The number of fused-ring (bicyclic) bond motifs is 1. The van der Waals surface area contributed by atoms with E-state index < -0.39 is 6.10 Å². The summed E-state index contributed by atoms with van der Waals surface area (Å²) >= 11 is 0. The summed E-state index contributed by atoms with van der Waals surface area (Å²) in [6.07, 6.45) is -0.572. The summed E-state index contributed by atoms with van der Waals surface area (Å²) in [5.74, 6) is 1.76. The molecular weight excluding hydrogens is 350 g/mol. The number of nitrogens with one attached hydrogen (secondary N) is 1. The van der Waals surface area contributed by atoms with Crippen molar-refractivity contribution in [2.75, 3.05) is 13.2 Å². The topological polar surface area (TPSA) is 47.6 Å². The molecule has 3 aromatic carbocycles. The molecule has 0 radical (unpaired) electrons. The molecule has 3 aromatic rings. The van der Waals surface area contributed by atoms with E-state index in [2.05, 4.69) is 31.3 Å². The van der Waals surface area contributed by atoms with E-state index in [4.69, 9.17) is 9.47 Å². The van der Waals surface area contributed by atoms with Gasteiger partial charge in [-0.1, -0.05) is 68.4 Å². The van der Waals surface area contributed by atoms with Crippen molar-refractivity contribution in [2.24, 2.45) is 0 Å². The third kappa shape index (κ3) is 4.83. The molecule has 4 heteroatoms. The monoisotopic (exact) mass is 377 g/mol. The zero-order valence-corrected chi connectivity index (χ0v) is 16.6. The highest BCUT2D eigenvalue weighted by atomic mass is 16.5. The Morgan fingerprint density at radius 3 is 2.39 bits per heavy atom. The summed E-state index contributed by atoms with van der Waals surface area (Å²) in [4.78, 5) is 12.4. The normalized spacial score (nSPS) is 12.0. The van der Waals surface area contributed by atoms with E-state index in [9.17, 15) is 4.79 Å². The summed E-state index contributed by atoms with van der Waals surface area (Å²) in [6, 6.07) is 21.9. The second-order valence-electron chi connectivity index (χ2n) is 7.07. The molecule has 0 fully saturated rings. The highest BCUT2D eigenvalue weighted by molar-refractivity contribution is 5.88. The third-order valence-electron chi connectivity index (χ3n) is 4.62. The number of hydrogen-bond donors (Lipinski definition) is 1. The Bertz CT molecular complexity index is 931. The Morgan fingerprint density at radius 1 is 0.893 bits per heavy atom. The Balaban J connectivity index is 1.50. The van der Waals surface area contributed by atoms with Crippen molar-refractivity contribution >= 4 is 16.7 Å². The van der Waals surface area contributed by atoms with Crippen LogP contribution in [0.15, 0.2) is 66.7 Å². The molecule has 0 aliphatic carbocycles. The van der Waals surface area contributed by atoms with Crippen LogP contribution in [0, 0.1) is 0 Å². The van der Waals surface area contributed by atoms with Crippen molar-refractivity contribution in [1.29, 1.82) is 0 Å². The molecule has 1 amide bonds. The van der Waals surface area contributed by atoms with Gasteiger partial charge in [0.15, 0.2) is 6.10 Å². The molecule has 0 saturated heterocycles. The summed E-state index contributed by atoms with van der Waals surface area (Å²) in [5, 5.41) is 5.08. The second-order valence-corrected chi connectivity index (χ2v) is 7.07. The van der Waals surface area contributed by atoms with E-state index in [1.165, 1.54) is 0 Å². The van der Waals surface area contributed by atoms with Gasteiger partial charge in [-0.3, -0.25) is 4.79 Å². The smallest absolute Gasteiger partial charge is 0.260 e. The van der Waals surface area contributed by atoms with Crippen molar-refractivity contribution in [3.05, 3.63) is 72.3 Å². The van der Waals surface area contributed by atoms with Gasteiger partial charge in [-0.15, -0.1) is 0 Å². The lowest BCUT2D eigenvalue weighted by atomic mass is 10.0. The van der Waals surface area contributed by atoms with E-state index in [0.717, 1.165) is 27.8 Å². The molecule has 0 heterocycles. The molecule has 3 rings (SSSR count). The van der Waals surface area contributed by atoms with Crippen LogP contribution in [0.5, 0.6) is 11.5 Å². The molecule has 4 nitrogen and oxygen atoms in total. The molecule has 146 valence electrons. The van der Waals surface area contributed by atoms with E-state index >= 15 is 0 Å². The zero-order chi connectivity index (χ0) is 19.9. The Labute approximate surface area is 166 Å². The van der Waals surface area contributed by atoms with Crippen LogP contribution in [-0.4, -0.2) is 25.2 Å². The number of hydrogen-bond acceptors (Lipinski definition) is 3. The maximum Gasteiger partial charge on any atom is 0.260 e. The van der Waals surface area contributed by atoms with Gasteiger partial charge in [0.2, 0.25) is 0 Å². The van der Waals surface area contributed by atoms with Gasteiger partial charge in [-0.2, -0.15) is 0 Å². The number of rotatable bonds is 8. The van der Waals surface area contributed by atoms with Crippen molar-refractivity contribution < 1.29 is 14.3 Å². The first-order chi connectivity index (χ1) is 13.6. The average Bonchev–Trinajstić information content (AvgIpc) is 2.71. The van der Waals surface area contributed by atoms with Crippen LogP contribution >= 0.6 is 0 Å². The summed E-state index contributed by atoms with van der Waals surface area (Å²) in [5.41, 5.74) is 1.10. The predicted octanol–water partition coefficient (Wildman–Crippen LogP) is 4.93. The van der Waals surface area contributed by atoms with Gasteiger partial charge in [-0.25, -0.2) is 0 Å². The fourth-order valence-corrected chi connectivity index (χ4v) is 3.11. The Hall–Kier alpha value is -3.01. The minimum absolute atomic E-state index is 0.153. The third-order valence-corrected chi connectivity index (χ3v) is 4.62. The maximum atomic E-state index is 12.4. The quantitative estimate of drug-likeness (QED) is 0.567. The van der Waals surface area contributed by atoms with Gasteiger partial charge in [0.05, 0.1) is 6.54 Å². The van der Waals surface area contributed by atoms with E-state index in [0.29, 0.717) is 19.1 Å². The van der Waals surface area contributed by atoms with Crippen LogP contribution in [0.3, 0.4) is 0 Å². The molecule has 0 bridgehead atoms. The number of carbonyl (C=O) groups excluding carboxylic acids is 1. The van der Waals surface area contributed by atoms with Crippen LogP contribution in [0.4, 0.5) is 0 Å². The Morgan fingerprint density at radius 2 is 1.57 bits per heavy atom. The molecule has 0 aromatic heterocycles. The minimum Gasteiger partial charge on any atom is -0.491 e. The van der Waals surface area contributed by atoms with E-state index in [1.807, 2.05) is 54.6 Å². The average molecular weight is 377 g/mol. The first kappa shape index (κ1) is 19.7. The molecule has 1 atom stereocenters. The van der Waals surface area contributed by atoms with Crippen molar-refractivity contribution in [2.45, 2.75) is 32.8 Å². The van der Waals surface area contributed by atoms with Gasteiger partial charge in [0.1, 0.15) is 18.1 Å². The molecule has 0 unspecified atom stereocenters. The van der Waals surface area contributed by atoms with Crippen LogP contribution in [0.2, 0.25) is 0 Å². The van der Waals surface area contributed by atoms with Gasteiger partial charge in [-0.05, 0) is 35.9 Å². The molecule has 0 spiro atoms. The van der Waals surface area contributed by atoms with Gasteiger partial charge in [0, 0.05) is 5.39 Å². The summed E-state index contributed by atoms with van der Waals surface area (Å²) in [6.45, 7) is 6.80. The first-order valence-corrected chi connectivity index (χ1v) is 9.70. The number of ether oxygens (including phenoxy) is 2. The summed E-state index contributed by atoms with van der Waals surface area (Å²) in [7, 11) is 0. The van der Waals surface area contributed by atoms with Crippen LogP contribution in [-0.2, 0) is 4.79 Å². The van der Waals surface area contributed by atoms with Crippen molar-refractivity contribution in [3.63, 3.8) is 0 Å². The second kappa shape index (κ2) is 9.27. The molecule has 1 N–H and O–H groups in total. The van der Waals surface area contributed by atoms with E-state index in [1.54, 1.807) is 6.92 Å². The molecular formula is C24H27NO3. The molecule has 0 aliphatic rings. The number of amides is 1. The SMILES string of the molecule is CC(C)c1ccccc1O[C@@H](C)C(=O)NCCOc1cccc2ccccc12. The lowest BCUT2D eigenvalue weighted by molar-refractivity contribution is -0.127. The van der Waals surface area contributed by atoms with Crippen LogP contribution < -0.4 is 14.8 Å². The first-order valence-electron chi connectivity index (χ1n) is 9.70. The standard InChI is InChI=1S/C24H27NO3/c1-17(2)20-11-6-7-13-23(20)28-18(3)24(26)25-15-16-27-22-14-8-10-19-9-4-5-12-21(19)22/h4-14,17-18H,15-16H2,1-3H3,(H,25,26)/t18-/m0/s1. The van der Waals surface area contributed by atoms with Crippen LogP contribution in [0.1, 0.15) is 32.3 Å². The highest BCUT2D eigenvalue weighted by Crippen LogP contribution is 2.27. The van der Waals surface area contributed by atoms with Gasteiger partial charge in [0.25, 0.3) is 5.91 Å². The fourth-order valence-electron chi connectivity index (χ4n) is 3.11. The van der Waals surface area contributed by atoms with Crippen molar-refractivity contribution in [1.82, 2.24) is 5.32 Å². The van der Waals surface area contributed by atoms with Crippen LogP contribution in [0.25, 0.3) is 10.8 Å². The lowest BCUT2D eigenvalue weighted by Crippen LogP contribution is -2.38. The zero-order valence-electron chi connectivity index (χ0n) is 16.6. The lowest BCUT2D eigenvalue weighted by Gasteiger charge is -2.18. The number of para-hydroxylation sites is 1. The maximum absolute atomic E-state index is 12.4. The molecule has 0 aliphatic heterocycles. The van der Waals surface area contributed by atoms with E-state index in [-0.39, 0.29) is 5.91 Å². The molecule has 28 heavy (non-hydrogen) atoms.